The van der Waals surface area contributed by atoms with Crippen molar-refractivity contribution >= 4 is 28.0 Å². The fraction of sp³-hybridized carbons (Fsp3) is 0.240. The average molecular weight is 445 g/mol. The van der Waals surface area contributed by atoms with Crippen molar-refractivity contribution in [2.45, 2.75) is 13.5 Å². The summed E-state index contributed by atoms with van der Waals surface area (Å²) in [7, 11) is 1.58. The zero-order valence-electron chi connectivity index (χ0n) is 18.4. The highest BCUT2D eigenvalue weighted by Crippen LogP contribution is 2.29. The number of rotatable bonds is 4. The fourth-order valence-corrected chi connectivity index (χ4v) is 4.58. The molecule has 1 unspecified atom stereocenters. The summed E-state index contributed by atoms with van der Waals surface area (Å²) in [5.41, 5.74) is 4.64. The first-order valence-corrected chi connectivity index (χ1v) is 10.9. The lowest BCUT2D eigenvalue weighted by atomic mass is 9.91. The topological polar surface area (TPSA) is 82.5 Å². The molecule has 0 aliphatic carbocycles. The van der Waals surface area contributed by atoms with Gasteiger partial charge in [0.25, 0.3) is 11.5 Å². The Hall–Kier alpha value is -3.78. The van der Waals surface area contributed by atoms with Crippen LogP contribution in [0.15, 0.2) is 59.7 Å². The van der Waals surface area contributed by atoms with Crippen molar-refractivity contribution < 1.29 is 9.18 Å². The molecule has 168 valence electrons. The molecule has 1 atom stereocenters. The van der Waals surface area contributed by atoms with Gasteiger partial charge >= 0.3 is 0 Å². The number of pyridine rings is 1. The summed E-state index contributed by atoms with van der Waals surface area (Å²) in [5, 5.41) is 2.57. The Labute approximate surface area is 189 Å². The van der Waals surface area contributed by atoms with Crippen LogP contribution < -0.4 is 10.9 Å². The Morgan fingerprint density at radius 2 is 2.12 bits per heavy atom. The van der Waals surface area contributed by atoms with Crippen LogP contribution in [0.2, 0.25) is 0 Å². The molecule has 0 fully saturated rings. The molecule has 0 bridgehead atoms. The number of aromatic nitrogens is 3. The number of carbonyl (C=O) groups is 1. The van der Waals surface area contributed by atoms with Crippen molar-refractivity contribution in [1.82, 2.24) is 24.6 Å². The van der Waals surface area contributed by atoms with E-state index in [1.807, 2.05) is 6.07 Å². The lowest BCUT2D eigenvalue weighted by molar-refractivity contribution is 0.0958. The van der Waals surface area contributed by atoms with E-state index in [-0.39, 0.29) is 23.2 Å². The molecular formula is C25H24FN5O2. The number of amides is 1. The molecule has 1 aliphatic heterocycles. The van der Waals surface area contributed by atoms with Gasteiger partial charge in [-0.15, -0.1) is 0 Å². The van der Waals surface area contributed by atoms with Crippen LogP contribution in [0.25, 0.3) is 22.1 Å². The molecule has 33 heavy (non-hydrogen) atoms. The molecule has 1 amide bonds. The molecule has 0 spiro atoms. The monoisotopic (exact) mass is 445 g/mol. The first-order valence-electron chi connectivity index (χ1n) is 10.9. The SMILES string of the molecule is CNC(=O)c1ccc(C2=CCN(Cc3cc4[nH]c(=O)c5cccn5c4cc3F)CC2C)cn1. The van der Waals surface area contributed by atoms with Crippen LogP contribution in [0, 0.1) is 11.7 Å². The van der Waals surface area contributed by atoms with Crippen LogP contribution in [0.5, 0.6) is 0 Å². The molecule has 4 heterocycles. The third kappa shape index (κ3) is 3.82. The fourth-order valence-electron chi connectivity index (χ4n) is 4.58. The highest BCUT2D eigenvalue weighted by Gasteiger charge is 2.22. The number of nitrogens with zero attached hydrogens (tertiary/aromatic N) is 3. The zero-order valence-corrected chi connectivity index (χ0v) is 18.4. The van der Waals surface area contributed by atoms with E-state index < -0.39 is 0 Å². The van der Waals surface area contributed by atoms with Gasteiger partial charge in [0.05, 0.1) is 11.0 Å². The van der Waals surface area contributed by atoms with Crippen molar-refractivity contribution in [3.63, 3.8) is 0 Å². The van der Waals surface area contributed by atoms with Gasteiger partial charge in [0, 0.05) is 50.7 Å². The van der Waals surface area contributed by atoms with Gasteiger partial charge in [-0.2, -0.15) is 0 Å². The predicted molar refractivity (Wildman–Crippen MR) is 126 cm³/mol. The van der Waals surface area contributed by atoms with Gasteiger partial charge in [0.1, 0.15) is 17.0 Å². The minimum absolute atomic E-state index is 0.194. The molecule has 0 radical (unpaired) electrons. The largest absolute Gasteiger partial charge is 0.354 e. The second-order valence-electron chi connectivity index (χ2n) is 8.44. The van der Waals surface area contributed by atoms with Crippen LogP contribution in [0.3, 0.4) is 0 Å². The van der Waals surface area contributed by atoms with Crippen molar-refractivity contribution in [2.75, 3.05) is 20.1 Å². The predicted octanol–water partition coefficient (Wildman–Crippen LogP) is 3.21. The second-order valence-corrected chi connectivity index (χ2v) is 8.44. The van der Waals surface area contributed by atoms with Gasteiger partial charge < -0.3 is 14.7 Å². The molecule has 1 aliphatic rings. The van der Waals surface area contributed by atoms with E-state index in [1.165, 1.54) is 11.6 Å². The molecular weight excluding hydrogens is 421 g/mol. The number of fused-ring (bicyclic) bond motifs is 3. The number of H-pyrrole nitrogens is 1. The summed E-state index contributed by atoms with van der Waals surface area (Å²) in [6, 6.07) is 10.3. The maximum Gasteiger partial charge on any atom is 0.272 e. The van der Waals surface area contributed by atoms with Gasteiger partial charge in [-0.25, -0.2) is 4.39 Å². The van der Waals surface area contributed by atoms with E-state index >= 15 is 0 Å². The smallest absolute Gasteiger partial charge is 0.272 e. The van der Waals surface area contributed by atoms with Crippen LogP contribution in [-0.2, 0) is 6.54 Å². The Morgan fingerprint density at radius 3 is 2.85 bits per heavy atom. The number of carbonyl (C=O) groups excluding carboxylic acids is 1. The van der Waals surface area contributed by atoms with Crippen LogP contribution in [0.1, 0.15) is 28.5 Å². The maximum absolute atomic E-state index is 15.0. The van der Waals surface area contributed by atoms with Crippen LogP contribution in [-0.4, -0.2) is 45.3 Å². The summed E-state index contributed by atoms with van der Waals surface area (Å²) < 4.78 is 16.7. The lowest BCUT2D eigenvalue weighted by Crippen LogP contribution is -2.33. The van der Waals surface area contributed by atoms with Gasteiger partial charge in [-0.1, -0.05) is 19.1 Å². The average Bonchev–Trinajstić information content (AvgIpc) is 3.31. The third-order valence-electron chi connectivity index (χ3n) is 6.24. The maximum atomic E-state index is 15.0. The van der Waals surface area contributed by atoms with Gasteiger partial charge in [-0.05, 0) is 41.3 Å². The van der Waals surface area contributed by atoms with Gasteiger partial charge in [0.2, 0.25) is 0 Å². The number of aromatic amines is 1. The Balaban J connectivity index is 1.38. The molecule has 0 saturated heterocycles. The van der Waals surface area contributed by atoms with E-state index in [0.29, 0.717) is 40.9 Å². The highest BCUT2D eigenvalue weighted by atomic mass is 19.1. The minimum atomic E-state index is -0.291. The molecule has 4 aromatic rings. The number of nitrogens with one attached hydrogen (secondary N) is 2. The molecule has 0 saturated carbocycles. The van der Waals surface area contributed by atoms with Crippen molar-refractivity contribution in [3.8, 4) is 0 Å². The minimum Gasteiger partial charge on any atom is -0.354 e. The van der Waals surface area contributed by atoms with Gasteiger partial charge in [-0.3, -0.25) is 19.5 Å². The lowest BCUT2D eigenvalue weighted by Gasteiger charge is -2.31. The van der Waals surface area contributed by atoms with Crippen LogP contribution >= 0.6 is 0 Å². The van der Waals surface area contributed by atoms with Crippen molar-refractivity contribution in [3.05, 3.63) is 87.9 Å². The van der Waals surface area contributed by atoms with E-state index in [2.05, 4.69) is 33.2 Å². The number of hydrogen-bond acceptors (Lipinski definition) is 4. The third-order valence-corrected chi connectivity index (χ3v) is 6.24. The number of hydrogen-bond donors (Lipinski definition) is 2. The number of benzene rings is 1. The standard InChI is InChI=1S/C25H24FN5O2/c1-15-13-30(9-7-18(15)16-5-6-20(28-12-16)24(32)27-2)14-17-10-21-23(11-19(17)26)31-8-3-4-22(31)25(33)29-21/h3-8,10-12,15H,9,13-14H2,1-2H3,(H,27,32)(H,29,33). The first kappa shape index (κ1) is 21.1. The summed E-state index contributed by atoms with van der Waals surface area (Å²) in [6.45, 7) is 3.99. The second kappa shape index (κ2) is 8.29. The van der Waals surface area contributed by atoms with E-state index in [9.17, 15) is 14.0 Å². The molecule has 1 aromatic carbocycles. The zero-order chi connectivity index (χ0) is 23.1. The van der Waals surface area contributed by atoms with E-state index in [4.69, 9.17) is 0 Å². The normalized spacial score (nSPS) is 16.8. The Kier molecular flexibility index (Phi) is 5.30. The molecule has 5 rings (SSSR count). The Bertz CT molecular complexity index is 1450. The van der Waals surface area contributed by atoms with E-state index in [1.54, 1.807) is 48.1 Å². The van der Waals surface area contributed by atoms with Crippen molar-refractivity contribution in [2.24, 2.45) is 5.92 Å². The van der Waals surface area contributed by atoms with E-state index in [0.717, 1.165) is 12.1 Å². The van der Waals surface area contributed by atoms with Gasteiger partial charge in [0.15, 0.2) is 0 Å². The first-order chi connectivity index (χ1) is 15.9. The number of halogens is 1. The quantitative estimate of drug-likeness (QED) is 0.505. The van der Waals surface area contributed by atoms with Crippen molar-refractivity contribution in [1.29, 1.82) is 0 Å². The molecule has 3 aromatic heterocycles. The molecule has 7 nitrogen and oxygen atoms in total. The summed E-state index contributed by atoms with van der Waals surface area (Å²) in [6.07, 6.45) is 5.62. The summed E-state index contributed by atoms with van der Waals surface area (Å²) in [4.78, 5) is 33.3. The summed E-state index contributed by atoms with van der Waals surface area (Å²) in [5.74, 6) is -0.287. The highest BCUT2D eigenvalue weighted by molar-refractivity contribution is 5.92. The Morgan fingerprint density at radius 1 is 1.27 bits per heavy atom. The summed E-state index contributed by atoms with van der Waals surface area (Å²) >= 11 is 0. The molecule has 8 heteroatoms. The molecule has 2 N–H and O–H groups in total. The van der Waals surface area contributed by atoms with Crippen LogP contribution in [0.4, 0.5) is 4.39 Å².